The number of hydrogen-bond acceptors (Lipinski definition) is 4. The number of nitrogens with one attached hydrogen (secondary N) is 1. The summed E-state index contributed by atoms with van der Waals surface area (Å²) in [5.74, 6) is 0.787. The molecule has 0 atom stereocenters. The molecule has 114 valence electrons. The summed E-state index contributed by atoms with van der Waals surface area (Å²) in [5.41, 5.74) is 1.34. The van der Waals surface area contributed by atoms with Gasteiger partial charge < -0.3 is 15.0 Å². The molecule has 0 aliphatic carbocycles. The number of carbonyl (C=O) groups is 1. The maximum Gasteiger partial charge on any atom is 0.255 e. The molecule has 1 N–H and O–H groups in total. The van der Waals surface area contributed by atoms with Crippen LogP contribution in [0.4, 0.5) is 11.5 Å². The van der Waals surface area contributed by atoms with Gasteiger partial charge in [0.1, 0.15) is 5.82 Å². The normalized spacial score (nSPS) is 14.7. The number of rotatable bonds is 3. The van der Waals surface area contributed by atoms with Gasteiger partial charge in [0, 0.05) is 22.2 Å². The second-order valence-corrected chi connectivity index (χ2v) is 6.21. The third-order valence-electron chi connectivity index (χ3n) is 3.43. The molecule has 0 radical (unpaired) electrons. The van der Waals surface area contributed by atoms with E-state index in [1.165, 1.54) is 0 Å². The average Bonchev–Trinajstić information content (AvgIpc) is 2.56. The first-order valence-electron chi connectivity index (χ1n) is 7.08. The number of pyridine rings is 1. The molecule has 0 unspecified atom stereocenters. The molecule has 0 saturated carbocycles. The minimum Gasteiger partial charge on any atom is -0.378 e. The predicted molar refractivity (Wildman–Crippen MR) is 94.4 cm³/mol. The third kappa shape index (κ3) is 3.75. The molecule has 1 saturated heterocycles. The van der Waals surface area contributed by atoms with E-state index >= 15 is 0 Å². The molecule has 2 aromatic rings. The van der Waals surface area contributed by atoms with Gasteiger partial charge in [0.2, 0.25) is 0 Å². The Labute approximate surface area is 142 Å². The lowest BCUT2D eigenvalue weighted by atomic mass is 10.2. The highest BCUT2D eigenvalue weighted by Crippen LogP contribution is 2.16. The van der Waals surface area contributed by atoms with Gasteiger partial charge in [-0.3, -0.25) is 4.79 Å². The van der Waals surface area contributed by atoms with Crippen molar-refractivity contribution in [2.45, 2.75) is 0 Å². The third-order valence-corrected chi connectivity index (χ3v) is 4.10. The molecule has 1 fully saturated rings. The van der Waals surface area contributed by atoms with Gasteiger partial charge in [0.15, 0.2) is 0 Å². The molecule has 3 rings (SSSR count). The Kier molecular flexibility index (Phi) is 4.89. The molecular formula is C16H16IN3O2. The highest BCUT2D eigenvalue weighted by atomic mass is 127. The lowest BCUT2D eigenvalue weighted by molar-refractivity contribution is 0.102. The van der Waals surface area contributed by atoms with Gasteiger partial charge >= 0.3 is 0 Å². The van der Waals surface area contributed by atoms with Crippen molar-refractivity contribution in [3.05, 3.63) is 51.7 Å². The van der Waals surface area contributed by atoms with E-state index in [2.05, 4.69) is 37.8 Å². The molecule has 0 bridgehead atoms. The highest BCUT2D eigenvalue weighted by molar-refractivity contribution is 14.1. The largest absolute Gasteiger partial charge is 0.378 e. The Hall–Kier alpha value is -1.67. The van der Waals surface area contributed by atoms with Gasteiger partial charge in [0.25, 0.3) is 5.91 Å². The van der Waals surface area contributed by atoms with Gasteiger partial charge in [-0.05, 0) is 52.9 Å². The second kappa shape index (κ2) is 7.06. The first-order valence-corrected chi connectivity index (χ1v) is 8.16. The van der Waals surface area contributed by atoms with E-state index in [0.29, 0.717) is 11.3 Å². The minimum atomic E-state index is -0.126. The molecule has 22 heavy (non-hydrogen) atoms. The Morgan fingerprint density at radius 2 is 2.05 bits per heavy atom. The van der Waals surface area contributed by atoms with Gasteiger partial charge in [-0.1, -0.05) is 6.07 Å². The molecule has 0 spiro atoms. The number of aromatic nitrogens is 1. The molecule has 1 aliphatic rings. The topological polar surface area (TPSA) is 54.5 Å². The zero-order valence-corrected chi connectivity index (χ0v) is 14.1. The van der Waals surface area contributed by atoms with Crippen LogP contribution in [0.1, 0.15) is 10.4 Å². The number of amides is 1. The molecule has 6 heteroatoms. The van der Waals surface area contributed by atoms with Gasteiger partial charge in [-0.15, -0.1) is 0 Å². The maximum absolute atomic E-state index is 12.2. The van der Waals surface area contributed by atoms with Crippen molar-refractivity contribution in [2.24, 2.45) is 0 Å². The summed E-state index contributed by atoms with van der Waals surface area (Å²) in [4.78, 5) is 18.8. The lowest BCUT2D eigenvalue weighted by Gasteiger charge is -2.27. The summed E-state index contributed by atoms with van der Waals surface area (Å²) in [6, 6.07) is 11.3. The summed E-state index contributed by atoms with van der Waals surface area (Å²) in [7, 11) is 0. The van der Waals surface area contributed by atoms with Crippen molar-refractivity contribution >= 4 is 40.0 Å². The summed E-state index contributed by atoms with van der Waals surface area (Å²) in [5, 5.41) is 2.87. The Bertz CT molecular complexity index is 655. The number of hydrogen-bond donors (Lipinski definition) is 1. The van der Waals surface area contributed by atoms with Crippen LogP contribution in [-0.4, -0.2) is 37.2 Å². The van der Waals surface area contributed by atoms with Crippen molar-refractivity contribution < 1.29 is 9.53 Å². The quantitative estimate of drug-likeness (QED) is 0.793. The molecule has 2 heterocycles. The number of halogens is 1. The Balaban J connectivity index is 1.66. The van der Waals surface area contributed by atoms with Crippen LogP contribution >= 0.6 is 22.6 Å². The SMILES string of the molecule is O=C(Nc1ccc(N2CCOCC2)nc1)c1cccc(I)c1. The van der Waals surface area contributed by atoms with E-state index in [4.69, 9.17) is 4.74 Å². The maximum atomic E-state index is 12.2. The van der Waals surface area contributed by atoms with Crippen molar-refractivity contribution in [3.8, 4) is 0 Å². The van der Waals surface area contributed by atoms with Crippen LogP contribution in [0.3, 0.4) is 0 Å². The van der Waals surface area contributed by atoms with Crippen LogP contribution in [0.5, 0.6) is 0 Å². The molecule has 1 aromatic heterocycles. The van der Waals surface area contributed by atoms with Crippen LogP contribution in [0, 0.1) is 3.57 Å². The summed E-state index contributed by atoms with van der Waals surface area (Å²) in [6.07, 6.45) is 1.69. The van der Waals surface area contributed by atoms with Crippen LogP contribution in [0.15, 0.2) is 42.6 Å². The van der Waals surface area contributed by atoms with E-state index in [1.54, 1.807) is 12.3 Å². The summed E-state index contributed by atoms with van der Waals surface area (Å²) < 4.78 is 6.36. The molecule has 1 amide bonds. The Morgan fingerprint density at radius 3 is 2.73 bits per heavy atom. The standard InChI is InChI=1S/C16H16IN3O2/c17-13-3-1-2-12(10-13)16(21)19-14-4-5-15(18-11-14)20-6-8-22-9-7-20/h1-5,10-11H,6-9H2,(H,19,21). The average molecular weight is 409 g/mol. The van der Waals surface area contributed by atoms with Crippen LogP contribution in [0.2, 0.25) is 0 Å². The molecule has 5 nitrogen and oxygen atoms in total. The highest BCUT2D eigenvalue weighted by Gasteiger charge is 2.12. The zero-order chi connectivity index (χ0) is 15.4. The monoisotopic (exact) mass is 409 g/mol. The first-order chi connectivity index (χ1) is 10.7. The van der Waals surface area contributed by atoms with Gasteiger partial charge in [0.05, 0.1) is 25.1 Å². The fourth-order valence-electron chi connectivity index (χ4n) is 2.27. The summed E-state index contributed by atoms with van der Waals surface area (Å²) >= 11 is 2.19. The number of morpholine rings is 1. The smallest absolute Gasteiger partial charge is 0.255 e. The fourth-order valence-corrected chi connectivity index (χ4v) is 2.82. The van der Waals surface area contributed by atoms with E-state index in [0.717, 1.165) is 35.7 Å². The van der Waals surface area contributed by atoms with Crippen molar-refractivity contribution in [2.75, 3.05) is 36.5 Å². The summed E-state index contributed by atoms with van der Waals surface area (Å²) in [6.45, 7) is 3.15. The Morgan fingerprint density at radius 1 is 1.23 bits per heavy atom. The molecule has 1 aliphatic heterocycles. The number of nitrogens with zero attached hydrogens (tertiary/aromatic N) is 2. The molecular weight excluding hydrogens is 393 g/mol. The molecule has 1 aromatic carbocycles. The van der Waals surface area contributed by atoms with Crippen LogP contribution < -0.4 is 10.2 Å². The van der Waals surface area contributed by atoms with Crippen molar-refractivity contribution in [1.29, 1.82) is 0 Å². The number of anilines is 2. The van der Waals surface area contributed by atoms with E-state index in [9.17, 15) is 4.79 Å². The van der Waals surface area contributed by atoms with Gasteiger partial charge in [-0.2, -0.15) is 0 Å². The van der Waals surface area contributed by atoms with E-state index < -0.39 is 0 Å². The van der Waals surface area contributed by atoms with E-state index in [-0.39, 0.29) is 5.91 Å². The number of carbonyl (C=O) groups excluding carboxylic acids is 1. The van der Waals surface area contributed by atoms with Gasteiger partial charge in [-0.25, -0.2) is 4.98 Å². The van der Waals surface area contributed by atoms with E-state index in [1.807, 2.05) is 30.3 Å². The predicted octanol–water partition coefficient (Wildman–Crippen LogP) is 2.78. The van der Waals surface area contributed by atoms with Crippen molar-refractivity contribution in [3.63, 3.8) is 0 Å². The van der Waals surface area contributed by atoms with Crippen LogP contribution in [0.25, 0.3) is 0 Å². The van der Waals surface area contributed by atoms with Crippen molar-refractivity contribution in [1.82, 2.24) is 4.98 Å². The lowest BCUT2D eigenvalue weighted by Crippen LogP contribution is -2.36. The number of ether oxygens (including phenoxy) is 1. The second-order valence-electron chi connectivity index (χ2n) is 4.97. The fraction of sp³-hybridized carbons (Fsp3) is 0.250. The first kappa shape index (κ1) is 15.2. The number of benzene rings is 1. The minimum absolute atomic E-state index is 0.126. The van der Waals surface area contributed by atoms with Crippen LogP contribution in [-0.2, 0) is 4.74 Å². The zero-order valence-electron chi connectivity index (χ0n) is 12.0.